The van der Waals surface area contributed by atoms with E-state index in [2.05, 4.69) is 77.9 Å². The summed E-state index contributed by atoms with van der Waals surface area (Å²) in [4.78, 5) is 29.3. The number of hydrogen-bond donors (Lipinski definition) is 0. The molecule has 10 heteroatoms. The lowest BCUT2D eigenvalue weighted by Gasteiger charge is -2.14. The van der Waals surface area contributed by atoms with Gasteiger partial charge in [0.1, 0.15) is 11.6 Å². The molecule has 7 nitrogen and oxygen atoms in total. The molecule has 0 fully saturated rings. The molecule has 1 atom stereocenters. The molecule has 0 aliphatic rings. The zero-order chi connectivity index (χ0) is 23.4. The number of carbonyl (C=O) groups is 1. The van der Waals surface area contributed by atoms with Crippen LogP contribution >= 0.6 is 61.1 Å². The number of methoxy groups -OCH3 is 1. The summed E-state index contributed by atoms with van der Waals surface area (Å²) in [7, 11) is 1.32. The van der Waals surface area contributed by atoms with Crippen molar-refractivity contribution < 1.29 is 14.3 Å². The first kappa shape index (κ1) is 25.1. The number of carbonyl (C=O) groups excluding carboxylic acids is 1. The smallest absolute Gasteiger partial charge is 0.343 e. The van der Waals surface area contributed by atoms with Crippen molar-refractivity contribution in [3.05, 3.63) is 63.7 Å². The van der Waals surface area contributed by atoms with Gasteiger partial charge in [-0.3, -0.25) is 4.79 Å². The van der Waals surface area contributed by atoms with Crippen LogP contribution in [-0.4, -0.2) is 35.6 Å². The lowest BCUT2D eigenvalue weighted by molar-refractivity contribution is -0.142. The molecule has 3 rings (SSSR count). The normalized spacial score (nSPS) is 12.3. The third-order valence-electron chi connectivity index (χ3n) is 4.79. The average Bonchev–Trinajstić information content (AvgIpc) is 2.77. The van der Waals surface area contributed by atoms with E-state index >= 15 is 0 Å². The van der Waals surface area contributed by atoms with Crippen molar-refractivity contribution in [3.63, 3.8) is 0 Å². The highest BCUT2D eigenvalue weighted by molar-refractivity contribution is 14.1. The van der Waals surface area contributed by atoms with E-state index in [-0.39, 0.29) is 18.1 Å². The molecule has 32 heavy (non-hydrogen) atoms. The number of halogens is 3. The largest absolute Gasteiger partial charge is 0.480 e. The maximum atomic E-state index is 13.2. The minimum atomic E-state index is -0.449. The van der Waals surface area contributed by atoms with Crippen LogP contribution in [0.25, 0.3) is 10.9 Å². The van der Waals surface area contributed by atoms with Crippen LogP contribution in [0.4, 0.5) is 0 Å². The molecule has 3 aromatic rings. The lowest BCUT2D eigenvalue weighted by Crippen LogP contribution is -2.23. The Bertz CT molecular complexity index is 1240. The van der Waals surface area contributed by atoms with Crippen LogP contribution in [0.3, 0.4) is 0 Å². The topological polar surface area (TPSA) is 82.8 Å². The van der Waals surface area contributed by atoms with Crippen molar-refractivity contribution in [2.45, 2.75) is 26.2 Å². The molecule has 1 aromatic heterocycles. The minimum Gasteiger partial charge on any atom is -0.480 e. The number of esters is 1. The summed E-state index contributed by atoms with van der Waals surface area (Å²) < 4.78 is 14.0. The van der Waals surface area contributed by atoms with E-state index in [1.807, 2.05) is 31.2 Å². The number of ether oxygens (including phenoxy) is 2. The van der Waals surface area contributed by atoms with Crippen molar-refractivity contribution in [2.75, 3.05) is 13.7 Å². The van der Waals surface area contributed by atoms with Gasteiger partial charge in [0.15, 0.2) is 6.61 Å². The van der Waals surface area contributed by atoms with Gasteiger partial charge < -0.3 is 9.47 Å². The van der Waals surface area contributed by atoms with Crippen molar-refractivity contribution in [1.82, 2.24) is 9.66 Å². The SMILES string of the molecule is CC[C@H](C)c1nc2ccc(Br)cc2c(=O)n1N=Cc1cc(I)c(OCC(=O)OC)c(I)c1. The summed E-state index contributed by atoms with van der Waals surface area (Å²) in [6, 6.07) is 9.21. The second-order valence-electron chi connectivity index (χ2n) is 6.98. The molecular formula is C22H20BrI2N3O4. The molecule has 0 aliphatic heterocycles. The number of rotatable bonds is 7. The second-order valence-corrected chi connectivity index (χ2v) is 10.2. The van der Waals surface area contributed by atoms with E-state index in [1.54, 1.807) is 12.3 Å². The third kappa shape index (κ3) is 5.68. The molecule has 0 unspecified atom stereocenters. The molecular weight excluding hydrogens is 704 g/mol. The van der Waals surface area contributed by atoms with Crippen LogP contribution in [0, 0.1) is 7.14 Å². The number of benzene rings is 2. The maximum Gasteiger partial charge on any atom is 0.343 e. The lowest BCUT2D eigenvalue weighted by atomic mass is 10.1. The summed E-state index contributed by atoms with van der Waals surface area (Å²) in [5.41, 5.74) is 1.22. The van der Waals surface area contributed by atoms with Gasteiger partial charge in [0, 0.05) is 10.4 Å². The number of nitrogens with zero attached hydrogens (tertiary/aromatic N) is 3. The van der Waals surface area contributed by atoms with Crippen LogP contribution in [-0.2, 0) is 9.53 Å². The van der Waals surface area contributed by atoms with E-state index in [9.17, 15) is 9.59 Å². The first-order chi connectivity index (χ1) is 15.2. The van der Waals surface area contributed by atoms with E-state index in [0.29, 0.717) is 22.5 Å². The Morgan fingerprint density at radius 1 is 1.28 bits per heavy atom. The Labute approximate surface area is 221 Å². The van der Waals surface area contributed by atoms with E-state index in [1.165, 1.54) is 11.8 Å². The summed E-state index contributed by atoms with van der Waals surface area (Å²) in [6.07, 6.45) is 2.46. The molecule has 168 valence electrons. The molecule has 0 saturated heterocycles. The zero-order valence-corrected chi connectivity index (χ0v) is 23.5. The van der Waals surface area contributed by atoms with Crippen LogP contribution < -0.4 is 10.3 Å². The molecule has 0 radical (unpaired) electrons. The van der Waals surface area contributed by atoms with Gasteiger partial charge in [-0.25, -0.2) is 9.78 Å². The first-order valence-electron chi connectivity index (χ1n) is 9.70. The van der Waals surface area contributed by atoms with Gasteiger partial charge in [0.2, 0.25) is 0 Å². The highest BCUT2D eigenvalue weighted by atomic mass is 127. The monoisotopic (exact) mass is 723 g/mol. The van der Waals surface area contributed by atoms with Crippen LogP contribution in [0.2, 0.25) is 0 Å². The standard InChI is InChI=1S/C22H20BrI2N3O4/c1-4-12(2)21-27-18-6-5-14(23)9-15(18)22(30)28(21)26-10-13-7-16(24)20(17(25)8-13)32-11-19(29)31-3/h5-10,12H,4,11H2,1-3H3/t12-/m0/s1. The van der Waals surface area contributed by atoms with Crippen molar-refractivity contribution in [1.29, 1.82) is 0 Å². The Morgan fingerprint density at radius 3 is 2.59 bits per heavy atom. The summed E-state index contributed by atoms with van der Waals surface area (Å²) in [6.45, 7) is 3.91. The van der Waals surface area contributed by atoms with Crippen molar-refractivity contribution in [2.24, 2.45) is 5.10 Å². The molecule has 0 saturated carbocycles. The van der Waals surface area contributed by atoms with Gasteiger partial charge in [0.25, 0.3) is 5.56 Å². The molecule has 0 N–H and O–H groups in total. The Balaban J connectivity index is 2.03. The molecule has 0 bridgehead atoms. The fraction of sp³-hybridized carbons (Fsp3) is 0.273. The average molecular weight is 724 g/mol. The van der Waals surface area contributed by atoms with E-state index < -0.39 is 5.97 Å². The Morgan fingerprint density at radius 2 is 1.97 bits per heavy atom. The molecule has 0 amide bonds. The van der Waals surface area contributed by atoms with E-state index in [0.717, 1.165) is 23.6 Å². The van der Waals surface area contributed by atoms with Crippen LogP contribution in [0.15, 0.2) is 44.7 Å². The first-order valence-corrected chi connectivity index (χ1v) is 12.6. The van der Waals surface area contributed by atoms with Crippen molar-refractivity contribution in [3.8, 4) is 5.75 Å². The van der Waals surface area contributed by atoms with Gasteiger partial charge in [-0.1, -0.05) is 29.8 Å². The van der Waals surface area contributed by atoms with Crippen LogP contribution in [0.1, 0.15) is 37.6 Å². The van der Waals surface area contributed by atoms with Gasteiger partial charge in [0.05, 0.1) is 31.4 Å². The van der Waals surface area contributed by atoms with E-state index in [4.69, 9.17) is 9.72 Å². The molecule has 0 aliphatic carbocycles. The second kappa shape index (κ2) is 11.1. The Kier molecular flexibility index (Phi) is 8.67. The fourth-order valence-corrected chi connectivity index (χ4v) is 5.37. The van der Waals surface area contributed by atoms with Gasteiger partial charge in [-0.15, -0.1) is 0 Å². The summed E-state index contributed by atoms with van der Waals surface area (Å²) in [5.74, 6) is 0.825. The summed E-state index contributed by atoms with van der Waals surface area (Å²) >= 11 is 7.70. The minimum absolute atomic E-state index is 0.0577. The highest BCUT2D eigenvalue weighted by Gasteiger charge is 2.16. The predicted octanol–water partition coefficient (Wildman–Crippen LogP) is 5.32. The number of aromatic nitrogens is 2. The highest BCUT2D eigenvalue weighted by Crippen LogP contribution is 2.29. The van der Waals surface area contributed by atoms with Gasteiger partial charge in [-0.05, 0) is 87.5 Å². The number of fused-ring (bicyclic) bond motifs is 1. The van der Waals surface area contributed by atoms with Gasteiger partial charge in [-0.2, -0.15) is 9.78 Å². The third-order valence-corrected chi connectivity index (χ3v) is 6.89. The van der Waals surface area contributed by atoms with Gasteiger partial charge >= 0.3 is 5.97 Å². The molecule has 1 heterocycles. The molecule has 2 aromatic carbocycles. The molecule has 0 spiro atoms. The van der Waals surface area contributed by atoms with Crippen molar-refractivity contribution >= 4 is 84.2 Å². The maximum absolute atomic E-state index is 13.2. The Hall–Kier alpha value is -1.54. The van der Waals surface area contributed by atoms with Crippen LogP contribution in [0.5, 0.6) is 5.75 Å². The summed E-state index contributed by atoms with van der Waals surface area (Å²) in [5, 5.41) is 5.00. The fourth-order valence-electron chi connectivity index (χ4n) is 2.89. The predicted molar refractivity (Wildman–Crippen MR) is 145 cm³/mol. The zero-order valence-electron chi connectivity index (χ0n) is 17.6. The quantitative estimate of drug-likeness (QED) is 0.188. The number of hydrogen-bond acceptors (Lipinski definition) is 6.